The summed E-state index contributed by atoms with van der Waals surface area (Å²) in [6.07, 6.45) is -2.70. The van der Waals surface area contributed by atoms with Crippen LogP contribution in [0.4, 0.5) is 24.5 Å². The predicted octanol–water partition coefficient (Wildman–Crippen LogP) is 3.15. The van der Waals surface area contributed by atoms with Crippen molar-refractivity contribution in [2.24, 2.45) is 5.92 Å². The first kappa shape index (κ1) is 15.0. The van der Waals surface area contributed by atoms with Crippen LogP contribution in [0.15, 0.2) is 18.2 Å². The number of benzene rings is 1. The summed E-state index contributed by atoms with van der Waals surface area (Å²) in [5.41, 5.74) is 5.19. The summed E-state index contributed by atoms with van der Waals surface area (Å²) in [4.78, 5) is 1.79. The number of hydrogen-bond acceptors (Lipinski definition) is 3. The predicted molar refractivity (Wildman–Crippen MR) is 72.7 cm³/mol. The molecule has 1 aromatic rings. The molecule has 2 rings (SSSR count). The number of rotatable bonds is 3. The highest BCUT2D eigenvalue weighted by Gasteiger charge is 2.35. The average Bonchev–Trinajstić information content (AvgIpc) is 2.39. The third kappa shape index (κ3) is 3.36. The Kier molecular flexibility index (Phi) is 4.42. The summed E-state index contributed by atoms with van der Waals surface area (Å²) in [5.74, 6) is 0.430. The fraction of sp³-hybridized carbons (Fsp3) is 0.571. The van der Waals surface area contributed by atoms with E-state index in [9.17, 15) is 13.2 Å². The highest BCUT2D eigenvalue weighted by molar-refractivity contribution is 5.61. The molecule has 0 spiro atoms. The molecule has 1 aliphatic heterocycles. The minimum Gasteiger partial charge on any atom is -0.399 e. The van der Waals surface area contributed by atoms with E-state index in [4.69, 9.17) is 10.5 Å². The van der Waals surface area contributed by atoms with Gasteiger partial charge < -0.3 is 15.4 Å². The van der Waals surface area contributed by atoms with Crippen LogP contribution in [0.3, 0.4) is 0 Å². The summed E-state index contributed by atoms with van der Waals surface area (Å²) in [5, 5.41) is 0. The molecule has 0 bridgehead atoms. The van der Waals surface area contributed by atoms with Gasteiger partial charge in [-0.3, -0.25) is 0 Å². The minimum atomic E-state index is -4.38. The average molecular weight is 288 g/mol. The number of nitrogen functional groups attached to an aromatic ring is 1. The molecule has 0 aliphatic carbocycles. The summed E-state index contributed by atoms with van der Waals surface area (Å²) in [6.45, 7) is 1.89. The molecule has 3 nitrogen and oxygen atoms in total. The molecule has 0 unspecified atom stereocenters. The van der Waals surface area contributed by atoms with E-state index >= 15 is 0 Å². The van der Waals surface area contributed by atoms with Crippen LogP contribution < -0.4 is 10.6 Å². The van der Waals surface area contributed by atoms with Crippen molar-refractivity contribution in [3.63, 3.8) is 0 Å². The van der Waals surface area contributed by atoms with Crippen LogP contribution in [0.5, 0.6) is 0 Å². The van der Waals surface area contributed by atoms with Crippen LogP contribution in [0.2, 0.25) is 0 Å². The van der Waals surface area contributed by atoms with Crippen LogP contribution in [0, 0.1) is 5.92 Å². The standard InChI is InChI=1S/C14H19F3N2O/c1-20-9-10-4-6-19(7-5-10)13-3-2-11(18)8-12(13)14(15,16)17/h2-3,8,10H,4-7,9,18H2,1H3. The zero-order chi connectivity index (χ0) is 14.8. The second-order valence-electron chi connectivity index (χ2n) is 5.16. The maximum atomic E-state index is 13.1. The SMILES string of the molecule is COCC1CCN(c2ccc(N)cc2C(F)(F)F)CC1. The Bertz CT molecular complexity index is 454. The van der Waals surface area contributed by atoms with E-state index in [1.165, 1.54) is 12.1 Å². The van der Waals surface area contributed by atoms with Crippen LogP contribution in [-0.4, -0.2) is 26.8 Å². The van der Waals surface area contributed by atoms with Gasteiger partial charge >= 0.3 is 6.18 Å². The van der Waals surface area contributed by atoms with Crippen molar-refractivity contribution in [2.45, 2.75) is 19.0 Å². The number of alkyl halides is 3. The molecular weight excluding hydrogens is 269 g/mol. The van der Waals surface area contributed by atoms with Gasteiger partial charge in [0.2, 0.25) is 0 Å². The lowest BCUT2D eigenvalue weighted by molar-refractivity contribution is -0.137. The molecule has 1 saturated heterocycles. The number of ether oxygens (including phenoxy) is 1. The molecule has 6 heteroatoms. The van der Waals surface area contributed by atoms with Gasteiger partial charge in [-0.1, -0.05) is 0 Å². The van der Waals surface area contributed by atoms with Crippen molar-refractivity contribution in [3.8, 4) is 0 Å². The number of nitrogens with two attached hydrogens (primary N) is 1. The fourth-order valence-corrected chi connectivity index (χ4v) is 2.63. The molecule has 20 heavy (non-hydrogen) atoms. The Morgan fingerprint density at radius 2 is 1.95 bits per heavy atom. The van der Waals surface area contributed by atoms with Crippen molar-refractivity contribution in [2.75, 3.05) is 37.4 Å². The Morgan fingerprint density at radius 3 is 2.50 bits per heavy atom. The maximum absolute atomic E-state index is 13.1. The van der Waals surface area contributed by atoms with Crippen LogP contribution in [0.1, 0.15) is 18.4 Å². The van der Waals surface area contributed by atoms with E-state index < -0.39 is 11.7 Å². The number of anilines is 2. The lowest BCUT2D eigenvalue weighted by Crippen LogP contribution is -2.36. The first-order valence-electron chi connectivity index (χ1n) is 6.62. The van der Waals surface area contributed by atoms with E-state index in [1.54, 1.807) is 12.0 Å². The van der Waals surface area contributed by atoms with Crippen LogP contribution in [0.25, 0.3) is 0 Å². The molecule has 112 valence electrons. The fourth-order valence-electron chi connectivity index (χ4n) is 2.63. The summed E-state index contributed by atoms with van der Waals surface area (Å²) < 4.78 is 44.3. The van der Waals surface area contributed by atoms with E-state index in [1.807, 2.05) is 0 Å². The van der Waals surface area contributed by atoms with Gasteiger partial charge in [-0.25, -0.2) is 0 Å². The molecule has 1 heterocycles. The lowest BCUT2D eigenvalue weighted by atomic mass is 9.96. The van der Waals surface area contributed by atoms with E-state index in [-0.39, 0.29) is 11.4 Å². The van der Waals surface area contributed by atoms with Gasteiger partial charge in [0.1, 0.15) is 0 Å². The van der Waals surface area contributed by atoms with Crippen LogP contribution in [-0.2, 0) is 10.9 Å². The molecule has 0 amide bonds. The number of nitrogens with zero attached hydrogens (tertiary/aromatic N) is 1. The minimum absolute atomic E-state index is 0.135. The topological polar surface area (TPSA) is 38.5 Å². The second-order valence-corrected chi connectivity index (χ2v) is 5.16. The number of hydrogen-bond donors (Lipinski definition) is 1. The van der Waals surface area contributed by atoms with Gasteiger partial charge in [0.25, 0.3) is 0 Å². The van der Waals surface area contributed by atoms with Crippen molar-refractivity contribution in [3.05, 3.63) is 23.8 Å². The molecular formula is C14H19F3N2O. The van der Waals surface area contributed by atoms with Crippen molar-refractivity contribution in [1.82, 2.24) is 0 Å². The molecule has 0 radical (unpaired) electrons. The Balaban J connectivity index is 2.18. The third-order valence-electron chi connectivity index (χ3n) is 3.68. The molecule has 1 aromatic carbocycles. The van der Waals surface area contributed by atoms with Crippen molar-refractivity contribution >= 4 is 11.4 Å². The monoisotopic (exact) mass is 288 g/mol. The van der Waals surface area contributed by atoms with Gasteiger partial charge in [-0.2, -0.15) is 13.2 Å². The van der Waals surface area contributed by atoms with E-state index in [2.05, 4.69) is 0 Å². The lowest BCUT2D eigenvalue weighted by Gasteiger charge is -2.34. The van der Waals surface area contributed by atoms with Crippen LogP contribution >= 0.6 is 0 Å². The van der Waals surface area contributed by atoms with Gasteiger partial charge in [-0.15, -0.1) is 0 Å². The zero-order valence-corrected chi connectivity index (χ0v) is 11.4. The quantitative estimate of drug-likeness (QED) is 0.868. The highest BCUT2D eigenvalue weighted by Crippen LogP contribution is 2.39. The van der Waals surface area contributed by atoms with Gasteiger partial charge in [0.15, 0.2) is 0 Å². The third-order valence-corrected chi connectivity index (χ3v) is 3.68. The number of halogens is 3. The highest BCUT2D eigenvalue weighted by atomic mass is 19.4. The van der Waals surface area contributed by atoms with Gasteiger partial charge in [-0.05, 0) is 37.0 Å². The smallest absolute Gasteiger partial charge is 0.399 e. The molecule has 1 aliphatic rings. The van der Waals surface area contributed by atoms with Crippen molar-refractivity contribution in [1.29, 1.82) is 0 Å². The largest absolute Gasteiger partial charge is 0.418 e. The Hall–Kier alpha value is -1.43. The second kappa shape index (κ2) is 5.91. The normalized spacial score (nSPS) is 17.5. The molecule has 2 N–H and O–H groups in total. The van der Waals surface area contributed by atoms with E-state index in [0.717, 1.165) is 18.9 Å². The Labute approximate surface area is 116 Å². The molecule has 1 fully saturated rings. The summed E-state index contributed by atoms with van der Waals surface area (Å²) in [6, 6.07) is 4.00. The zero-order valence-electron chi connectivity index (χ0n) is 11.4. The first-order valence-corrected chi connectivity index (χ1v) is 6.62. The van der Waals surface area contributed by atoms with E-state index in [0.29, 0.717) is 25.6 Å². The molecule has 0 aromatic heterocycles. The number of methoxy groups -OCH3 is 1. The Morgan fingerprint density at radius 1 is 1.30 bits per heavy atom. The van der Waals surface area contributed by atoms with Crippen molar-refractivity contribution < 1.29 is 17.9 Å². The molecule has 0 saturated carbocycles. The van der Waals surface area contributed by atoms with Gasteiger partial charge in [0.05, 0.1) is 5.56 Å². The maximum Gasteiger partial charge on any atom is 0.418 e. The molecule has 0 atom stereocenters. The summed E-state index contributed by atoms with van der Waals surface area (Å²) in [7, 11) is 1.65. The number of piperidine rings is 1. The van der Waals surface area contributed by atoms with Gasteiger partial charge in [0, 0.05) is 38.2 Å². The first-order chi connectivity index (χ1) is 9.41. The summed E-state index contributed by atoms with van der Waals surface area (Å²) >= 11 is 0.